The number of aromatic nitrogens is 1. The van der Waals surface area contributed by atoms with E-state index in [9.17, 15) is 5.11 Å². The number of hydrogen-bond donors (Lipinski definition) is 3. The third-order valence-corrected chi connectivity index (χ3v) is 4.51. The molecule has 1 aliphatic rings. The van der Waals surface area contributed by atoms with Gasteiger partial charge in [0.25, 0.3) is 0 Å². The van der Waals surface area contributed by atoms with Crippen molar-refractivity contribution >= 4 is 22.1 Å². The van der Waals surface area contributed by atoms with Crippen molar-refractivity contribution < 1.29 is 5.11 Å². The molecule has 1 saturated carbocycles. The van der Waals surface area contributed by atoms with E-state index < -0.39 is 0 Å². The van der Waals surface area contributed by atoms with Crippen LogP contribution < -0.4 is 11.1 Å². The lowest BCUT2D eigenvalue weighted by molar-refractivity contribution is 0.142. The Morgan fingerprint density at radius 1 is 1.20 bits per heavy atom. The van der Waals surface area contributed by atoms with Gasteiger partial charge in [-0.05, 0) is 31.0 Å². The molecule has 0 unspecified atom stereocenters. The van der Waals surface area contributed by atoms with Crippen LogP contribution in [0.5, 0.6) is 0 Å². The molecular weight excluding hydrogens is 250 g/mol. The van der Waals surface area contributed by atoms with Crippen LogP contribution in [0.4, 0.5) is 11.4 Å². The first-order chi connectivity index (χ1) is 9.74. The van der Waals surface area contributed by atoms with Gasteiger partial charge in [-0.2, -0.15) is 0 Å². The van der Waals surface area contributed by atoms with E-state index in [1.165, 1.54) is 12.8 Å². The molecule has 2 aromatic rings. The maximum absolute atomic E-state index is 9.68. The summed E-state index contributed by atoms with van der Waals surface area (Å²) in [6.07, 6.45) is 8.22. The Bertz CT molecular complexity index is 606. The lowest BCUT2D eigenvalue weighted by atomic mass is 9.87. The standard InChI is InChI=1S/C16H21N3O/c17-14-3-4-15(12-5-8-18-9-13(12)14)19-10-16(11-20)6-1-2-7-16/h3-5,8-9,19-20H,1-2,6-7,10-11,17H2. The van der Waals surface area contributed by atoms with E-state index in [2.05, 4.69) is 10.3 Å². The minimum Gasteiger partial charge on any atom is -0.398 e. The van der Waals surface area contributed by atoms with Crippen molar-refractivity contribution in [3.05, 3.63) is 30.6 Å². The van der Waals surface area contributed by atoms with Crippen molar-refractivity contribution in [1.29, 1.82) is 0 Å². The topological polar surface area (TPSA) is 71.2 Å². The largest absolute Gasteiger partial charge is 0.398 e. The second-order valence-corrected chi connectivity index (χ2v) is 5.84. The van der Waals surface area contributed by atoms with Crippen LogP contribution >= 0.6 is 0 Å². The summed E-state index contributed by atoms with van der Waals surface area (Å²) >= 11 is 0. The van der Waals surface area contributed by atoms with E-state index in [1.807, 2.05) is 18.2 Å². The third kappa shape index (κ3) is 2.31. The first-order valence-electron chi connectivity index (χ1n) is 7.21. The normalized spacial score (nSPS) is 17.4. The zero-order chi connectivity index (χ0) is 14.0. The number of aliphatic hydroxyl groups is 1. The smallest absolute Gasteiger partial charge is 0.0504 e. The van der Waals surface area contributed by atoms with Crippen molar-refractivity contribution in [2.24, 2.45) is 5.41 Å². The van der Waals surface area contributed by atoms with Gasteiger partial charge < -0.3 is 16.2 Å². The van der Waals surface area contributed by atoms with Crippen molar-refractivity contribution in [2.45, 2.75) is 25.7 Å². The van der Waals surface area contributed by atoms with Crippen LogP contribution in [0.25, 0.3) is 10.8 Å². The Hall–Kier alpha value is -1.81. The highest BCUT2D eigenvalue weighted by Gasteiger charge is 2.32. The summed E-state index contributed by atoms with van der Waals surface area (Å²) < 4.78 is 0. The summed E-state index contributed by atoms with van der Waals surface area (Å²) in [5, 5.41) is 15.3. The van der Waals surface area contributed by atoms with Gasteiger partial charge in [-0.3, -0.25) is 4.98 Å². The lowest BCUT2D eigenvalue weighted by Crippen LogP contribution is -2.30. The van der Waals surface area contributed by atoms with Crippen LogP contribution in [0.2, 0.25) is 0 Å². The number of fused-ring (bicyclic) bond motifs is 1. The number of benzene rings is 1. The molecule has 1 fully saturated rings. The fourth-order valence-corrected chi connectivity index (χ4v) is 3.16. The van der Waals surface area contributed by atoms with Crippen LogP contribution in [0.1, 0.15) is 25.7 Å². The number of aliphatic hydroxyl groups excluding tert-OH is 1. The number of pyridine rings is 1. The summed E-state index contributed by atoms with van der Waals surface area (Å²) in [6, 6.07) is 5.90. The van der Waals surface area contributed by atoms with Gasteiger partial charge in [0.1, 0.15) is 0 Å². The van der Waals surface area contributed by atoms with E-state index in [0.717, 1.165) is 41.5 Å². The maximum atomic E-state index is 9.68. The molecule has 0 aliphatic heterocycles. The second-order valence-electron chi connectivity index (χ2n) is 5.84. The monoisotopic (exact) mass is 271 g/mol. The molecule has 3 rings (SSSR count). The molecule has 1 aliphatic carbocycles. The number of anilines is 2. The van der Waals surface area contributed by atoms with Gasteiger partial charge in [0.15, 0.2) is 0 Å². The van der Waals surface area contributed by atoms with Crippen molar-refractivity contribution in [3.8, 4) is 0 Å². The molecule has 1 heterocycles. The van der Waals surface area contributed by atoms with Gasteiger partial charge in [0.05, 0.1) is 6.61 Å². The molecule has 0 saturated heterocycles. The fraction of sp³-hybridized carbons (Fsp3) is 0.438. The summed E-state index contributed by atoms with van der Waals surface area (Å²) in [5.74, 6) is 0. The number of nitrogens with zero attached hydrogens (tertiary/aromatic N) is 1. The highest BCUT2D eigenvalue weighted by Crippen LogP contribution is 2.38. The minimum atomic E-state index is 0.0424. The number of rotatable bonds is 4. The van der Waals surface area contributed by atoms with Crippen LogP contribution in [0.3, 0.4) is 0 Å². The van der Waals surface area contributed by atoms with Crippen LogP contribution in [0, 0.1) is 5.41 Å². The molecule has 4 heteroatoms. The van der Waals surface area contributed by atoms with E-state index in [-0.39, 0.29) is 12.0 Å². The number of hydrogen-bond acceptors (Lipinski definition) is 4. The summed E-state index contributed by atoms with van der Waals surface area (Å²) in [7, 11) is 0. The third-order valence-electron chi connectivity index (χ3n) is 4.51. The minimum absolute atomic E-state index is 0.0424. The Morgan fingerprint density at radius 3 is 2.75 bits per heavy atom. The van der Waals surface area contributed by atoms with Crippen molar-refractivity contribution in [3.63, 3.8) is 0 Å². The predicted octanol–water partition coefficient (Wildman–Crippen LogP) is 2.78. The summed E-state index contributed by atoms with van der Waals surface area (Å²) in [5.41, 5.74) is 7.84. The van der Waals surface area contributed by atoms with E-state index >= 15 is 0 Å². The molecule has 0 bridgehead atoms. The Kier molecular flexibility index (Phi) is 3.49. The Labute approximate surface area is 119 Å². The van der Waals surface area contributed by atoms with Gasteiger partial charge in [-0.25, -0.2) is 0 Å². The average Bonchev–Trinajstić information content (AvgIpc) is 2.96. The van der Waals surface area contributed by atoms with Gasteiger partial charge in [0.2, 0.25) is 0 Å². The highest BCUT2D eigenvalue weighted by molar-refractivity contribution is 6.00. The summed E-state index contributed by atoms with van der Waals surface area (Å²) in [4.78, 5) is 4.13. The molecule has 0 radical (unpaired) electrons. The molecule has 4 nitrogen and oxygen atoms in total. The average molecular weight is 271 g/mol. The maximum Gasteiger partial charge on any atom is 0.0504 e. The number of nitrogen functional groups attached to an aromatic ring is 1. The van der Waals surface area contributed by atoms with Crippen molar-refractivity contribution in [2.75, 3.05) is 24.2 Å². The van der Waals surface area contributed by atoms with Gasteiger partial charge in [-0.1, -0.05) is 12.8 Å². The van der Waals surface area contributed by atoms with Gasteiger partial charge in [0, 0.05) is 46.5 Å². The molecule has 4 N–H and O–H groups in total. The zero-order valence-corrected chi connectivity index (χ0v) is 11.6. The molecular formula is C16H21N3O. The molecule has 0 amide bonds. The van der Waals surface area contributed by atoms with Crippen molar-refractivity contribution in [1.82, 2.24) is 4.98 Å². The molecule has 0 atom stereocenters. The van der Waals surface area contributed by atoms with E-state index in [4.69, 9.17) is 5.73 Å². The Balaban J connectivity index is 1.86. The van der Waals surface area contributed by atoms with Crippen LogP contribution in [-0.2, 0) is 0 Å². The quantitative estimate of drug-likeness (QED) is 0.748. The molecule has 106 valence electrons. The van der Waals surface area contributed by atoms with E-state index in [0.29, 0.717) is 0 Å². The predicted molar refractivity (Wildman–Crippen MR) is 82.6 cm³/mol. The second kappa shape index (κ2) is 5.29. The van der Waals surface area contributed by atoms with Gasteiger partial charge in [-0.15, -0.1) is 0 Å². The highest BCUT2D eigenvalue weighted by atomic mass is 16.3. The molecule has 0 spiro atoms. The number of nitrogens with two attached hydrogens (primary N) is 1. The van der Waals surface area contributed by atoms with Crippen LogP contribution in [0.15, 0.2) is 30.6 Å². The number of nitrogens with one attached hydrogen (secondary N) is 1. The van der Waals surface area contributed by atoms with E-state index in [1.54, 1.807) is 12.4 Å². The Morgan fingerprint density at radius 2 is 2.00 bits per heavy atom. The van der Waals surface area contributed by atoms with Gasteiger partial charge >= 0.3 is 0 Å². The molecule has 20 heavy (non-hydrogen) atoms. The molecule has 1 aromatic carbocycles. The molecule has 1 aromatic heterocycles. The first-order valence-corrected chi connectivity index (χ1v) is 7.21. The first kappa shape index (κ1) is 13.2. The lowest BCUT2D eigenvalue weighted by Gasteiger charge is -2.27. The van der Waals surface area contributed by atoms with Crippen LogP contribution in [-0.4, -0.2) is 23.2 Å². The fourth-order valence-electron chi connectivity index (χ4n) is 3.16. The summed E-state index contributed by atoms with van der Waals surface area (Å²) in [6.45, 7) is 1.07. The zero-order valence-electron chi connectivity index (χ0n) is 11.6. The SMILES string of the molecule is Nc1ccc(NCC2(CO)CCCC2)c2ccncc12.